The third-order valence-corrected chi connectivity index (χ3v) is 2.38. The molecule has 0 saturated heterocycles. The molecule has 0 fully saturated rings. The predicted octanol–water partition coefficient (Wildman–Crippen LogP) is 4.01. The van der Waals surface area contributed by atoms with Crippen molar-refractivity contribution in [1.82, 2.24) is 9.80 Å². The maximum Gasteiger partial charge on any atom is 0.321 e. The van der Waals surface area contributed by atoms with Gasteiger partial charge in [0, 0.05) is 26.2 Å². The molecule has 0 rings (SSSR count). The SMILES string of the molecule is C=C(C)CN(CC(=C)C)C(=O)N(CC(=C)C)CC(=C)C. The summed E-state index contributed by atoms with van der Waals surface area (Å²) in [5, 5.41) is 0. The summed E-state index contributed by atoms with van der Waals surface area (Å²) in [6.07, 6.45) is 0. The quantitative estimate of drug-likeness (QED) is 0.614. The minimum atomic E-state index is -0.0259. The fraction of sp³-hybridized carbons (Fsp3) is 0.471. The van der Waals surface area contributed by atoms with Crippen LogP contribution in [0.1, 0.15) is 27.7 Å². The monoisotopic (exact) mass is 276 g/mol. The Morgan fingerprint density at radius 1 is 0.650 bits per heavy atom. The first-order valence-corrected chi connectivity index (χ1v) is 6.74. The topological polar surface area (TPSA) is 23.6 Å². The van der Waals surface area contributed by atoms with Crippen LogP contribution in [0.15, 0.2) is 48.6 Å². The Kier molecular flexibility index (Phi) is 7.67. The van der Waals surface area contributed by atoms with Gasteiger partial charge in [-0.1, -0.05) is 48.6 Å². The summed E-state index contributed by atoms with van der Waals surface area (Å²) < 4.78 is 0. The first-order chi connectivity index (χ1) is 9.13. The van der Waals surface area contributed by atoms with Crippen LogP contribution in [0.5, 0.6) is 0 Å². The highest BCUT2D eigenvalue weighted by Crippen LogP contribution is 2.09. The van der Waals surface area contributed by atoms with E-state index in [1.54, 1.807) is 9.80 Å². The molecule has 0 aromatic carbocycles. The molecule has 0 aliphatic heterocycles. The minimum absolute atomic E-state index is 0.0259. The molecule has 0 aliphatic rings. The maximum atomic E-state index is 12.7. The van der Waals surface area contributed by atoms with Crippen molar-refractivity contribution in [2.24, 2.45) is 0 Å². The average Bonchev–Trinajstić information content (AvgIpc) is 2.23. The van der Waals surface area contributed by atoms with Crippen molar-refractivity contribution in [2.45, 2.75) is 27.7 Å². The number of hydrogen-bond acceptors (Lipinski definition) is 1. The zero-order chi connectivity index (χ0) is 15.9. The smallest absolute Gasteiger partial charge is 0.317 e. The van der Waals surface area contributed by atoms with Crippen molar-refractivity contribution in [3.05, 3.63) is 48.6 Å². The van der Waals surface area contributed by atoms with Gasteiger partial charge in [0.05, 0.1) is 0 Å². The summed E-state index contributed by atoms with van der Waals surface area (Å²) >= 11 is 0. The van der Waals surface area contributed by atoms with Crippen molar-refractivity contribution >= 4 is 6.03 Å². The van der Waals surface area contributed by atoms with Gasteiger partial charge in [-0.25, -0.2) is 4.79 Å². The van der Waals surface area contributed by atoms with Gasteiger partial charge in [-0.2, -0.15) is 0 Å². The molecule has 20 heavy (non-hydrogen) atoms. The van der Waals surface area contributed by atoms with Crippen LogP contribution in [-0.2, 0) is 0 Å². The van der Waals surface area contributed by atoms with E-state index in [0.717, 1.165) is 22.3 Å². The second-order valence-electron chi connectivity index (χ2n) is 5.82. The van der Waals surface area contributed by atoms with E-state index in [1.807, 2.05) is 27.7 Å². The van der Waals surface area contributed by atoms with Crippen LogP contribution in [0, 0.1) is 0 Å². The minimum Gasteiger partial charge on any atom is -0.317 e. The van der Waals surface area contributed by atoms with Crippen LogP contribution in [0.2, 0.25) is 0 Å². The van der Waals surface area contributed by atoms with Crippen LogP contribution in [-0.4, -0.2) is 42.0 Å². The Morgan fingerprint density at radius 2 is 0.850 bits per heavy atom. The molecule has 3 nitrogen and oxygen atoms in total. The Labute approximate surface area is 124 Å². The largest absolute Gasteiger partial charge is 0.321 e. The van der Waals surface area contributed by atoms with Gasteiger partial charge in [0.25, 0.3) is 0 Å². The molecule has 0 radical (unpaired) electrons. The van der Waals surface area contributed by atoms with E-state index >= 15 is 0 Å². The molecule has 0 aromatic heterocycles. The summed E-state index contributed by atoms with van der Waals surface area (Å²) in [5.41, 5.74) is 3.80. The van der Waals surface area contributed by atoms with Gasteiger partial charge >= 0.3 is 6.03 Å². The fourth-order valence-corrected chi connectivity index (χ4v) is 1.89. The van der Waals surface area contributed by atoms with Crippen molar-refractivity contribution in [1.29, 1.82) is 0 Å². The molecule has 0 N–H and O–H groups in total. The zero-order valence-corrected chi connectivity index (χ0v) is 13.5. The highest BCUT2D eigenvalue weighted by molar-refractivity contribution is 5.75. The molecule has 0 spiro atoms. The van der Waals surface area contributed by atoms with Crippen LogP contribution < -0.4 is 0 Å². The third kappa shape index (κ3) is 7.62. The van der Waals surface area contributed by atoms with Gasteiger partial charge in [0.15, 0.2) is 0 Å². The predicted molar refractivity (Wildman–Crippen MR) is 87.8 cm³/mol. The molecular formula is C17H28N2O. The number of carbonyl (C=O) groups is 1. The van der Waals surface area contributed by atoms with Crippen molar-refractivity contribution in [3.63, 3.8) is 0 Å². The molecule has 2 amide bonds. The van der Waals surface area contributed by atoms with E-state index in [2.05, 4.69) is 26.3 Å². The Balaban J connectivity index is 5.09. The highest BCUT2D eigenvalue weighted by atomic mass is 16.2. The van der Waals surface area contributed by atoms with Gasteiger partial charge in [0.1, 0.15) is 0 Å². The van der Waals surface area contributed by atoms with Crippen LogP contribution in [0.25, 0.3) is 0 Å². The molecule has 3 heteroatoms. The van der Waals surface area contributed by atoms with E-state index in [0.29, 0.717) is 26.2 Å². The number of amides is 2. The lowest BCUT2D eigenvalue weighted by Gasteiger charge is -2.31. The van der Waals surface area contributed by atoms with E-state index in [-0.39, 0.29) is 6.03 Å². The van der Waals surface area contributed by atoms with Gasteiger partial charge in [0.2, 0.25) is 0 Å². The van der Waals surface area contributed by atoms with E-state index in [9.17, 15) is 4.79 Å². The van der Waals surface area contributed by atoms with Crippen LogP contribution in [0.3, 0.4) is 0 Å². The average molecular weight is 276 g/mol. The van der Waals surface area contributed by atoms with Crippen molar-refractivity contribution < 1.29 is 4.79 Å². The lowest BCUT2D eigenvalue weighted by molar-refractivity contribution is 0.168. The maximum absolute atomic E-state index is 12.7. The second-order valence-corrected chi connectivity index (χ2v) is 5.82. The molecule has 0 bridgehead atoms. The van der Waals surface area contributed by atoms with E-state index in [1.165, 1.54) is 0 Å². The van der Waals surface area contributed by atoms with Gasteiger partial charge in [-0.3, -0.25) is 0 Å². The molecule has 0 atom stereocenters. The standard InChI is InChI=1S/C17H28N2O/c1-13(2)9-18(10-14(3)4)17(20)19(11-15(5)6)12-16(7)8/h1,3,5,7,9-12H2,2,4,6,8H3. The number of carbonyl (C=O) groups excluding carboxylic acids is 1. The number of nitrogens with zero attached hydrogens (tertiary/aromatic N) is 2. The molecule has 0 heterocycles. The van der Waals surface area contributed by atoms with Crippen LogP contribution >= 0.6 is 0 Å². The molecule has 0 aromatic rings. The normalized spacial score (nSPS) is 9.80. The Hall–Kier alpha value is -1.77. The summed E-state index contributed by atoms with van der Waals surface area (Å²) in [6, 6.07) is -0.0259. The van der Waals surface area contributed by atoms with Gasteiger partial charge in [-0.15, -0.1) is 0 Å². The summed E-state index contributed by atoms with van der Waals surface area (Å²) in [7, 11) is 0. The second kappa shape index (κ2) is 8.41. The van der Waals surface area contributed by atoms with Crippen molar-refractivity contribution in [2.75, 3.05) is 26.2 Å². The van der Waals surface area contributed by atoms with Gasteiger partial charge < -0.3 is 9.80 Å². The molecular weight excluding hydrogens is 248 g/mol. The Morgan fingerprint density at radius 3 is 1.00 bits per heavy atom. The van der Waals surface area contributed by atoms with E-state index < -0.39 is 0 Å². The zero-order valence-electron chi connectivity index (χ0n) is 13.5. The summed E-state index contributed by atoms with van der Waals surface area (Å²) in [6.45, 7) is 25.4. The van der Waals surface area contributed by atoms with Crippen molar-refractivity contribution in [3.8, 4) is 0 Å². The molecule has 0 saturated carbocycles. The third-order valence-electron chi connectivity index (χ3n) is 2.38. The number of rotatable bonds is 8. The summed E-state index contributed by atoms with van der Waals surface area (Å²) in [4.78, 5) is 16.2. The van der Waals surface area contributed by atoms with Crippen LogP contribution in [0.4, 0.5) is 4.79 Å². The first-order valence-electron chi connectivity index (χ1n) is 6.74. The lowest BCUT2D eigenvalue weighted by Crippen LogP contribution is -2.45. The van der Waals surface area contributed by atoms with E-state index in [4.69, 9.17) is 0 Å². The van der Waals surface area contributed by atoms with Gasteiger partial charge in [-0.05, 0) is 27.7 Å². The number of urea groups is 1. The molecule has 0 aliphatic carbocycles. The highest BCUT2D eigenvalue weighted by Gasteiger charge is 2.20. The molecule has 0 unspecified atom stereocenters. The summed E-state index contributed by atoms with van der Waals surface area (Å²) in [5.74, 6) is 0. The first kappa shape index (κ1) is 18.2. The fourth-order valence-electron chi connectivity index (χ4n) is 1.89. The lowest BCUT2D eigenvalue weighted by atomic mass is 10.2. The number of hydrogen-bond donors (Lipinski definition) is 0. The molecule has 112 valence electrons. The Bertz CT molecular complexity index is 351.